The number of hydrogen-bond donors (Lipinski definition) is 0. The van der Waals surface area contributed by atoms with Crippen LogP contribution < -0.4 is 0 Å². The van der Waals surface area contributed by atoms with Crippen molar-refractivity contribution in [1.82, 2.24) is 0 Å². The molecule has 1 rings (SSSR count). The number of hydrogen-bond acceptors (Lipinski definition) is 0. The van der Waals surface area contributed by atoms with E-state index in [4.69, 9.17) is 0 Å². The van der Waals surface area contributed by atoms with Crippen molar-refractivity contribution in [2.24, 2.45) is 0 Å². The van der Waals surface area contributed by atoms with E-state index < -0.39 is 11.7 Å². The second kappa shape index (κ2) is 3.52. The molecule has 0 saturated carbocycles. The maximum absolute atomic E-state index is 12.0. The molecule has 0 unspecified atom stereocenters. The van der Waals surface area contributed by atoms with Crippen molar-refractivity contribution in [3.05, 3.63) is 41.8 Å². The van der Waals surface area contributed by atoms with Crippen LogP contribution in [0.15, 0.2) is 24.3 Å². The Morgan fingerprint density at radius 2 is 1.54 bits per heavy atom. The zero-order valence-electron chi connectivity index (χ0n) is 6.87. The summed E-state index contributed by atoms with van der Waals surface area (Å²) in [6.45, 7) is 1.78. The average molecular weight is 420 g/mol. The first kappa shape index (κ1) is 10.9. The van der Waals surface area contributed by atoms with E-state index in [2.05, 4.69) is 0 Å². The Morgan fingerprint density at radius 3 is 1.85 bits per heavy atom. The monoisotopic (exact) mass is 416 g/mol. The summed E-state index contributed by atoms with van der Waals surface area (Å²) in [5.41, 5.74) is 0.191. The third kappa shape index (κ3) is 2.43. The van der Waals surface area contributed by atoms with Gasteiger partial charge in [-0.25, -0.2) is 0 Å². The van der Waals surface area contributed by atoms with Crippen molar-refractivity contribution < 1.29 is 13.2 Å². The Kier molecular flexibility index (Phi) is 2.94. The topological polar surface area (TPSA) is 0 Å². The van der Waals surface area contributed by atoms with Gasteiger partial charge in [-0.1, -0.05) is 6.92 Å². The van der Waals surface area contributed by atoms with Gasteiger partial charge < -0.3 is 0 Å². The third-order valence-corrected chi connectivity index (χ3v) is 1.57. The molecule has 0 aromatic heterocycles. The largest absolute Gasteiger partial charge is 0.414 e. The molecule has 0 fully saturated rings. The molecule has 0 atom stereocenters. The zero-order valence-corrected chi connectivity index (χ0v) is 9.82. The number of rotatable bonds is 1. The molecular formula is C9H8CmF3-. The summed E-state index contributed by atoms with van der Waals surface area (Å²) >= 11 is 0. The first-order valence-corrected chi connectivity index (χ1v) is 3.50. The smallest absolute Gasteiger partial charge is 0.192 e. The van der Waals surface area contributed by atoms with E-state index in [1.807, 2.05) is 0 Å². The quantitative estimate of drug-likeness (QED) is 0.613. The number of halogens is 3. The Bertz CT molecular complexity index is 251. The molecule has 0 nitrogen and oxygen atoms in total. The van der Waals surface area contributed by atoms with Gasteiger partial charge in [-0.05, 0) is 0 Å². The van der Waals surface area contributed by atoms with Gasteiger partial charge in [0, 0.05) is 5.56 Å². The van der Waals surface area contributed by atoms with Crippen molar-refractivity contribution in [3.8, 4) is 0 Å². The van der Waals surface area contributed by atoms with E-state index in [9.17, 15) is 13.2 Å². The van der Waals surface area contributed by atoms with E-state index in [-0.39, 0.29) is 0 Å². The summed E-state index contributed by atoms with van der Waals surface area (Å²) in [5, 5.41) is 0. The van der Waals surface area contributed by atoms with E-state index in [1.54, 1.807) is 13.3 Å². The Morgan fingerprint density at radius 1 is 1.08 bits per heavy atom. The van der Waals surface area contributed by atoms with Crippen LogP contribution in [0.25, 0.3) is 0 Å². The first-order chi connectivity index (χ1) is 5.54. The molecule has 0 heterocycles. The Balaban J connectivity index is 0.00000144. The normalized spacial score (nSPS) is 10.5. The molecule has 0 aliphatic rings. The zero-order chi connectivity index (χ0) is 9.19. The Hall–Kier alpha value is -2.12. The summed E-state index contributed by atoms with van der Waals surface area (Å²) in [6, 6.07) is 5.05. The first-order valence-electron chi connectivity index (χ1n) is 3.50. The van der Waals surface area contributed by atoms with Crippen LogP contribution in [-0.2, 0) is 6.18 Å². The molecule has 0 aliphatic carbocycles. The van der Waals surface area contributed by atoms with Crippen molar-refractivity contribution in [1.29, 1.82) is 0 Å². The van der Waals surface area contributed by atoms with Gasteiger partial charge in [0.15, 0.2) is 0 Å². The van der Waals surface area contributed by atoms with Gasteiger partial charge >= 0.3 is 6.18 Å². The maximum Gasteiger partial charge on any atom is 0.414 e. The fraction of sp³-hybridized carbons (Fsp3) is 0.222. The van der Waals surface area contributed by atoms with Crippen LogP contribution in [-0.4, -0.2) is 0 Å². The molecule has 0 bridgehead atoms. The number of benzene rings is 1. The molecule has 1 aromatic carbocycles. The minimum Gasteiger partial charge on any atom is -0.192 e. The summed E-state index contributed by atoms with van der Waals surface area (Å²) in [4.78, 5) is 0. The summed E-state index contributed by atoms with van der Waals surface area (Å²) in [6.07, 6.45) is -2.48. The summed E-state index contributed by atoms with van der Waals surface area (Å²) in [7, 11) is 0. The maximum atomic E-state index is 12.0. The molecule has 0 N–H and O–H groups in total. The van der Waals surface area contributed by atoms with Crippen LogP contribution in [0, 0.1) is 6.42 Å². The molecule has 74 valence electrons. The molecule has 0 saturated heterocycles. The van der Waals surface area contributed by atoms with Crippen molar-refractivity contribution in [2.75, 3.05) is 0 Å². The van der Waals surface area contributed by atoms with E-state index in [0.29, 0.717) is 0 Å². The Labute approximate surface area is 69.0 Å². The van der Waals surface area contributed by atoms with Gasteiger partial charge in [0.1, 0.15) is 0 Å². The van der Waals surface area contributed by atoms with Gasteiger partial charge in [0.05, 0.1) is 0 Å². The van der Waals surface area contributed by atoms with E-state index in [0.717, 1.165) is 17.7 Å². The van der Waals surface area contributed by atoms with E-state index >= 15 is 0 Å². The molecule has 0 spiro atoms. The molecule has 1 aromatic rings. The molecule has 0 radical (unpaired) electrons. The van der Waals surface area contributed by atoms with Crippen LogP contribution in [0.2, 0.25) is 0 Å². The standard InChI is InChI=1S/C9H8F3.Cm/c1-2-7-3-5-8(6-4-7)9(10,11)12;/h2-6H,1H3;/q-1;. The van der Waals surface area contributed by atoms with Gasteiger partial charge in [0.25, 0.3) is 0 Å². The molecule has 13 heavy (non-hydrogen) atoms. The fourth-order valence-electron chi connectivity index (χ4n) is 0.865. The average Bonchev–Trinajstić information content (AvgIpc) is 2.03. The van der Waals surface area contributed by atoms with Crippen LogP contribution in [0.3, 0.4) is 0 Å². The molecule has 0 amide bonds. The van der Waals surface area contributed by atoms with Crippen LogP contribution in [0.4, 0.5) is 13.2 Å². The predicted octanol–water partition coefficient (Wildman–Crippen LogP) is 3.28. The van der Waals surface area contributed by atoms with Crippen LogP contribution in [0.5, 0.6) is 0 Å². The summed E-state index contributed by atoms with van der Waals surface area (Å²) in [5.74, 6) is 0. The second-order valence-electron chi connectivity index (χ2n) is 2.41. The number of alkyl halides is 3. The van der Waals surface area contributed by atoms with Gasteiger partial charge in [-0.3, -0.25) is 0 Å². The van der Waals surface area contributed by atoms with Crippen LogP contribution in [0.1, 0.15) is 18.1 Å². The van der Waals surface area contributed by atoms with Gasteiger partial charge in [-0.2, -0.15) is 37.3 Å². The summed E-state index contributed by atoms with van der Waals surface area (Å²) < 4.78 is 36.0. The molecular weight excluding hydrogens is 412 g/mol. The predicted molar refractivity (Wildman–Crippen MR) is 40.5 cm³/mol. The minimum atomic E-state index is -4.23. The third-order valence-electron chi connectivity index (χ3n) is 1.57. The van der Waals surface area contributed by atoms with Crippen molar-refractivity contribution in [3.63, 3.8) is 0 Å². The SMILES string of the molecule is C[CH-]c1ccc(C(F)(F)F)cc1.[Cm]. The second-order valence-corrected chi connectivity index (χ2v) is 2.41. The minimum absolute atomic E-state index is 0. The van der Waals surface area contributed by atoms with Crippen molar-refractivity contribution in [2.45, 2.75) is 13.1 Å². The molecule has 0 aliphatic heterocycles. The molecule has 4 heteroatoms. The van der Waals surface area contributed by atoms with Gasteiger partial charge in [-0.15, -0.1) is 12.1 Å². The van der Waals surface area contributed by atoms with Crippen molar-refractivity contribution >= 4 is 0 Å². The fourth-order valence-corrected chi connectivity index (χ4v) is 0.865. The van der Waals surface area contributed by atoms with Crippen LogP contribution >= 0.6 is 0 Å². The van der Waals surface area contributed by atoms with E-state index in [1.165, 1.54) is 12.1 Å². The van der Waals surface area contributed by atoms with Gasteiger partial charge in [0.2, 0.25) is 0 Å².